The first-order chi connectivity index (χ1) is 30.9. The van der Waals surface area contributed by atoms with E-state index >= 15 is 0 Å². The first-order valence-corrected chi connectivity index (χ1v) is 29.9. The van der Waals surface area contributed by atoms with Crippen molar-refractivity contribution in [2.75, 3.05) is 0 Å². The van der Waals surface area contributed by atoms with Gasteiger partial charge >= 0.3 is 8.80 Å². The quantitative estimate of drug-likeness (QED) is 0.247. The second-order valence-electron chi connectivity index (χ2n) is 27.0. The predicted octanol–water partition coefficient (Wildman–Crippen LogP) is 13.3. The van der Waals surface area contributed by atoms with E-state index in [1.165, 1.54) is 93.8 Å². The molecular weight excluding hydrogens is 821 g/mol. The van der Waals surface area contributed by atoms with Crippen LogP contribution in [0, 0.1) is 85.8 Å². The summed E-state index contributed by atoms with van der Waals surface area (Å²) in [5, 5.41) is 0. The van der Waals surface area contributed by atoms with Crippen molar-refractivity contribution in [3.05, 3.63) is 34.9 Å². The Morgan fingerprint density at radius 3 is 0.969 bits per heavy atom. The Hall–Kier alpha value is -1.67. The monoisotopic (exact) mass is 905 g/mol. The van der Waals surface area contributed by atoms with Crippen LogP contribution in [0.4, 0.5) is 0 Å². The van der Waals surface area contributed by atoms with Crippen LogP contribution in [0.5, 0.6) is 0 Å². The Labute approximate surface area is 393 Å². The Bertz CT molecular complexity index is 1890. The van der Waals surface area contributed by atoms with E-state index in [9.17, 15) is 14.4 Å². The second kappa shape index (κ2) is 15.2. The van der Waals surface area contributed by atoms with Crippen molar-refractivity contribution in [3.8, 4) is 0 Å². The maximum atomic E-state index is 12.6. The second-order valence-corrected chi connectivity index (χ2v) is 29.4. The normalized spacial score (nSPS) is 52.3. The molecule has 0 heterocycles. The van der Waals surface area contributed by atoms with Crippen molar-refractivity contribution in [1.82, 2.24) is 0 Å². The van der Waals surface area contributed by atoms with Crippen molar-refractivity contribution < 1.29 is 27.7 Å². The van der Waals surface area contributed by atoms with Crippen molar-refractivity contribution in [2.45, 2.75) is 221 Å². The lowest BCUT2D eigenvalue weighted by Crippen LogP contribution is -2.59. The minimum Gasteiger partial charge on any atom is -0.370 e. The molecule has 12 aliphatic carbocycles. The molecule has 0 aromatic heterocycles. The lowest BCUT2D eigenvalue weighted by atomic mass is 9.47. The average Bonchev–Trinajstić information content (AvgIpc) is 3.90. The van der Waals surface area contributed by atoms with Crippen molar-refractivity contribution in [2.24, 2.45) is 85.8 Å². The van der Waals surface area contributed by atoms with Gasteiger partial charge in [0, 0.05) is 25.8 Å². The van der Waals surface area contributed by atoms with Gasteiger partial charge in [-0.15, -0.1) is 0 Å². The summed E-state index contributed by atoms with van der Waals surface area (Å²) in [4.78, 5) is 37.8. The van der Waals surface area contributed by atoms with E-state index < -0.39 is 8.80 Å². The maximum absolute atomic E-state index is 12.6. The molecule has 0 spiro atoms. The van der Waals surface area contributed by atoms with Gasteiger partial charge in [-0.25, -0.2) is 0 Å². The molecule has 0 radical (unpaired) electrons. The highest BCUT2D eigenvalue weighted by molar-refractivity contribution is 6.59. The zero-order chi connectivity index (χ0) is 45.1. The number of ketones is 3. The van der Waals surface area contributed by atoms with Crippen LogP contribution >= 0.6 is 0 Å². The molecule has 0 bridgehead atoms. The van der Waals surface area contributed by atoms with Gasteiger partial charge < -0.3 is 13.3 Å². The maximum Gasteiger partial charge on any atom is 0.498 e. The zero-order valence-electron chi connectivity index (χ0n) is 41.6. The van der Waals surface area contributed by atoms with Gasteiger partial charge in [-0.2, -0.15) is 0 Å². The van der Waals surface area contributed by atoms with Gasteiger partial charge in [0.05, 0.1) is 18.3 Å². The van der Waals surface area contributed by atoms with E-state index in [0.717, 1.165) is 77.0 Å². The zero-order valence-corrected chi connectivity index (χ0v) is 42.6. The fraction of sp³-hybridized carbons (Fsp3) is 0.845. The lowest BCUT2D eigenvalue weighted by Gasteiger charge is -2.59. The van der Waals surface area contributed by atoms with Crippen LogP contribution in [-0.2, 0) is 27.7 Å². The largest absolute Gasteiger partial charge is 0.498 e. The van der Waals surface area contributed by atoms with Gasteiger partial charge in [-0.05, 0) is 239 Å². The molecule has 0 aromatic rings. The minimum absolute atomic E-state index is 0.110. The molecule has 0 saturated heterocycles. The Morgan fingerprint density at radius 1 is 0.385 bits per heavy atom. The number of hydrogen-bond donors (Lipinski definition) is 0. The van der Waals surface area contributed by atoms with Crippen LogP contribution in [0.2, 0.25) is 6.55 Å². The Kier molecular flexibility index (Phi) is 10.4. The Balaban J connectivity index is 0.828. The summed E-state index contributed by atoms with van der Waals surface area (Å²) in [6.45, 7) is 17.7. The van der Waals surface area contributed by atoms with Crippen LogP contribution in [0.15, 0.2) is 34.9 Å². The minimum atomic E-state index is -3.24. The van der Waals surface area contributed by atoms with Gasteiger partial charge in [0.2, 0.25) is 0 Å². The van der Waals surface area contributed by atoms with Crippen molar-refractivity contribution in [1.29, 1.82) is 0 Å². The highest BCUT2D eigenvalue weighted by Crippen LogP contribution is 2.70. The van der Waals surface area contributed by atoms with Crippen LogP contribution in [0.3, 0.4) is 0 Å². The number of allylic oxidation sites excluding steroid dienone is 3. The fourth-order valence-electron chi connectivity index (χ4n) is 21.0. The number of carbonyl (C=O) groups is 3. The summed E-state index contributed by atoms with van der Waals surface area (Å²) in [6, 6.07) is 0. The summed E-state index contributed by atoms with van der Waals surface area (Å²) >= 11 is 0. The van der Waals surface area contributed by atoms with Gasteiger partial charge in [0.25, 0.3) is 0 Å². The first kappa shape index (κ1) is 44.5. The molecule has 9 fully saturated rings. The third kappa shape index (κ3) is 6.46. The summed E-state index contributed by atoms with van der Waals surface area (Å²) in [7, 11) is -3.24. The van der Waals surface area contributed by atoms with E-state index in [1.54, 1.807) is 0 Å². The van der Waals surface area contributed by atoms with Crippen LogP contribution < -0.4 is 0 Å². The molecule has 9 saturated carbocycles. The molecule has 0 amide bonds. The van der Waals surface area contributed by atoms with Gasteiger partial charge in [-0.3, -0.25) is 14.4 Å². The number of carbonyl (C=O) groups excluding carboxylic acids is 3. The first-order valence-electron chi connectivity index (χ1n) is 27.7. The lowest BCUT2D eigenvalue weighted by molar-refractivity contribution is -0.129. The molecule has 0 aliphatic heterocycles. The molecule has 65 heavy (non-hydrogen) atoms. The van der Waals surface area contributed by atoms with Crippen LogP contribution in [0.1, 0.15) is 196 Å². The summed E-state index contributed by atoms with van der Waals surface area (Å²) in [6.07, 6.45) is 33.2. The predicted molar refractivity (Wildman–Crippen MR) is 256 cm³/mol. The Morgan fingerprint density at radius 2 is 0.677 bits per heavy atom. The fourth-order valence-corrected chi connectivity index (χ4v) is 23.9. The van der Waals surface area contributed by atoms with E-state index in [-0.39, 0.29) is 50.8 Å². The van der Waals surface area contributed by atoms with Crippen LogP contribution in [0.25, 0.3) is 0 Å². The highest BCUT2D eigenvalue weighted by atomic mass is 28.4. The van der Waals surface area contributed by atoms with E-state index in [4.69, 9.17) is 13.3 Å². The molecule has 0 aromatic carbocycles. The summed E-state index contributed by atoms with van der Waals surface area (Å²) in [5.74, 6) is 7.12. The van der Waals surface area contributed by atoms with Crippen molar-refractivity contribution in [3.63, 3.8) is 0 Å². The topological polar surface area (TPSA) is 78.9 Å². The molecule has 12 aliphatic rings. The number of rotatable bonds is 6. The molecule has 7 heteroatoms. The number of hydrogen-bond acceptors (Lipinski definition) is 6. The standard InChI is InChI=1S/C58H84O6Si/c1-53-26-20-38(59)32-35(53)8-11-41-44-14-17-50(56(44,4)29-23-47(41)53)62-65(7,63-51-18-15-45-42-12-9-36-33-39(60)21-27-54(36,2)48(42)24-30-57(45,51)5)64-52-19-16-46-43-13-10-37-34-40(61)22-28-55(37,3)49(43)25-31-58(46,52)6/h32-34,41-52H,8-31H2,1-7H3/t41-,42-,43+,44+,45+,46+,47-,48+,49+,50+,51+,52+,53-,54-,55-,56-,57-,58-,65?/m0/s1. The SMILES string of the molecule is C[C@]12CC[C@@H]3[C@H](CCC4=CC(=O)CC[C@@]43C)[C@H]1CC[C@H]2O[Si](C)(O[C@@H]1CC[C@@H]2[C@@H]3CCC4=CC(=O)CC[C@]4(C)[C@@H]3CC[C@@]21C)O[C@@H]1CC[C@@H]2[C@@H]3CCC4=CC(=O)CC[C@]4(C)[C@H]3CC[C@@]21C. The number of fused-ring (bicyclic) bond motifs is 15. The average molecular weight is 905 g/mol. The molecule has 356 valence electrons. The summed E-state index contributed by atoms with van der Waals surface area (Å²) in [5.41, 5.74) is 5.25. The molecule has 19 atom stereocenters. The third-order valence-electron chi connectivity index (χ3n) is 24.7. The van der Waals surface area contributed by atoms with Crippen molar-refractivity contribution >= 4 is 26.2 Å². The molecule has 6 nitrogen and oxygen atoms in total. The van der Waals surface area contributed by atoms with Gasteiger partial charge in [-0.1, -0.05) is 58.3 Å². The molecule has 1 unspecified atom stereocenters. The third-order valence-corrected chi connectivity index (χ3v) is 26.8. The molecule has 0 N–H and O–H groups in total. The van der Waals surface area contributed by atoms with Gasteiger partial charge in [0.15, 0.2) is 17.3 Å². The smallest absolute Gasteiger partial charge is 0.370 e. The summed E-state index contributed by atoms with van der Waals surface area (Å²) < 4.78 is 23.8. The van der Waals surface area contributed by atoms with E-state index in [0.29, 0.717) is 70.6 Å². The van der Waals surface area contributed by atoms with Crippen LogP contribution in [-0.4, -0.2) is 44.5 Å². The van der Waals surface area contributed by atoms with E-state index in [2.05, 4.69) is 66.3 Å². The highest BCUT2D eigenvalue weighted by Gasteiger charge is 2.66. The van der Waals surface area contributed by atoms with Gasteiger partial charge in [0.1, 0.15) is 0 Å². The van der Waals surface area contributed by atoms with E-state index in [1.807, 2.05) is 0 Å². The molecular formula is C58H84O6Si. The molecule has 12 rings (SSSR count).